The molecule has 9 nitrogen and oxygen atoms in total. The molecular weight excluding hydrogens is 360 g/mol. The lowest BCUT2D eigenvalue weighted by Crippen LogP contribution is -2.42. The van der Waals surface area contributed by atoms with Crippen LogP contribution in [0, 0.1) is 13.8 Å². The van der Waals surface area contributed by atoms with Crippen molar-refractivity contribution in [1.82, 2.24) is 19.4 Å². The molecule has 0 aliphatic heterocycles. The van der Waals surface area contributed by atoms with Crippen molar-refractivity contribution < 1.29 is 14.3 Å². The molecule has 0 atom stereocenters. The van der Waals surface area contributed by atoms with Crippen molar-refractivity contribution in [3.8, 4) is 0 Å². The second-order valence-corrected chi connectivity index (χ2v) is 7.06. The molecule has 0 spiro atoms. The molecule has 0 aliphatic rings. The number of ether oxygens (including phenoxy) is 2. The maximum atomic E-state index is 11.4. The van der Waals surface area contributed by atoms with Crippen molar-refractivity contribution in [2.45, 2.75) is 46.7 Å². The molecule has 0 saturated carbocycles. The molecule has 0 saturated heterocycles. The zero-order valence-corrected chi connectivity index (χ0v) is 17.5. The van der Waals surface area contributed by atoms with Gasteiger partial charge in [-0.3, -0.25) is 0 Å². The molecule has 0 unspecified atom stereocenters. The van der Waals surface area contributed by atoms with Gasteiger partial charge >= 0.3 is 6.03 Å². The number of methoxy groups -OCH3 is 1. The third kappa shape index (κ3) is 4.90. The second kappa shape index (κ2) is 9.70. The molecule has 0 aromatic carbocycles. The van der Waals surface area contributed by atoms with Crippen LogP contribution in [0.1, 0.15) is 30.9 Å². The molecule has 0 bridgehead atoms. The van der Waals surface area contributed by atoms with Gasteiger partial charge in [0.25, 0.3) is 0 Å². The number of hydrogen-bond acceptors (Lipinski definition) is 6. The van der Waals surface area contributed by atoms with Crippen molar-refractivity contribution in [2.24, 2.45) is 5.73 Å². The van der Waals surface area contributed by atoms with Gasteiger partial charge in [-0.2, -0.15) is 0 Å². The Morgan fingerprint density at radius 1 is 1.21 bits per heavy atom. The van der Waals surface area contributed by atoms with Crippen LogP contribution in [0.5, 0.6) is 0 Å². The zero-order chi connectivity index (χ0) is 20.8. The molecule has 2 amide bonds. The predicted molar refractivity (Wildman–Crippen MR) is 109 cm³/mol. The smallest absolute Gasteiger partial charge is 0.315 e. The van der Waals surface area contributed by atoms with Gasteiger partial charge in [0, 0.05) is 38.4 Å². The Labute approximate surface area is 166 Å². The number of nitrogens with two attached hydrogens (primary N) is 2. The third-order valence-corrected chi connectivity index (χ3v) is 4.85. The number of imidazole rings is 1. The van der Waals surface area contributed by atoms with Gasteiger partial charge in [-0.15, -0.1) is 0 Å². The van der Waals surface area contributed by atoms with Gasteiger partial charge in [0.15, 0.2) is 5.82 Å². The van der Waals surface area contributed by atoms with Crippen LogP contribution in [0.25, 0.3) is 11.0 Å². The van der Waals surface area contributed by atoms with Gasteiger partial charge in [0.2, 0.25) is 0 Å². The van der Waals surface area contributed by atoms with E-state index in [4.69, 9.17) is 25.9 Å². The van der Waals surface area contributed by atoms with E-state index in [0.29, 0.717) is 50.7 Å². The number of fused-ring (bicyclic) bond motifs is 1. The van der Waals surface area contributed by atoms with Gasteiger partial charge in [-0.25, -0.2) is 14.8 Å². The summed E-state index contributed by atoms with van der Waals surface area (Å²) >= 11 is 0. The van der Waals surface area contributed by atoms with E-state index in [-0.39, 0.29) is 6.04 Å². The molecule has 2 rings (SSSR count). The van der Waals surface area contributed by atoms with Gasteiger partial charge in [-0.1, -0.05) is 0 Å². The van der Waals surface area contributed by atoms with Gasteiger partial charge in [-0.05, 0) is 33.3 Å². The minimum absolute atomic E-state index is 0.0421. The van der Waals surface area contributed by atoms with E-state index in [2.05, 4.69) is 9.55 Å². The number of carbonyl (C=O) groups is 1. The van der Waals surface area contributed by atoms with Gasteiger partial charge < -0.3 is 30.4 Å². The van der Waals surface area contributed by atoms with Crippen LogP contribution in [-0.2, 0) is 22.4 Å². The first-order valence-electron chi connectivity index (χ1n) is 9.52. The van der Waals surface area contributed by atoms with Crippen molar-refractivity contribution >= 4 is 22.9 Å². The molecule has 0 fully saturated rings. The van der Waals surface area contributed by atoms with E-state index in [1.54, 1.807) is 12.0 Å². The van der Waals surface area contributed by atoms with Gasteiger partial charge in [0.05, 0.1) is 25.3 Å². The number of carbonyl (C=O) groups excluding carboxylic acids is 1. The Morgan fingerprint density at radius 3 is 2.54 bits per heavy atom. The maximum Gasteiger partial charge on any atom is 0.315 e. The third-order valence-electron chi connectivity index (χ3n) is 4.85. The fraction of sp³-hybridized carbons (Fsp3) is 0.632. The van der Waals surface area contributed by atoms with E-state index in [1.165, 1.54) is 0 Å². The first-order chi connectivity index (χ1) is 13.3. The number of primary amides is 1. The molecular formula is C19H32N6O3. The van der Waals surface area contributed by atoms with Crippen LogP contribution in [0.4, 0.5) is 10.6 Å². The Kier molecular flexibility index (Phi) is 7.59. The van der Waals surface area contributed by atoms with Gasteiger partial charge in [0.1, 0.15) is 11.3 Å². The molecule has 4 N–H and O–H groups in total. The number of aromatic nitrogens is 3. The average Bonchev–Trinajstić information content (AvgIpc) is 2.99. The number of anilines is 1. The van der Waals surface area contributed by atoms with E-state index >= 15 is 0 Å². The van der Waals surface area contributed by atoms with Crippen molar-refractivity contribution in [1.29, 1.82) is 0 Å². The molecule has 0 aliphatic carbocycles. The summed E-state index contributed by atoms with van der Waals surface area (Å²) in [6.07, 6.45) is 0.673. The Bertz CT molecular complexity index is 818. The average molecular weight is 393 g/mol. The summed E-state index contributed by atoms with van der Waals surface area (Å²) in [5, 5.41) is 0. The summed E-state index contributed by atoms with van der Waals surface area (Å²) in [6.45, 7) is 10.4. The highest BCUT2D eigenvalue weighted by atomic mass is 16.5. The molecule has 9 heteroatoms. The number of amides is 2. The van der Waals surface area contributed by atoms with Crippen molar-refractivity contribution in [2.75, 3.05) is 39.2 Å². The van der Waals surface area contributed by atoms with E-state index < -0.39 is 6.03 Å². The highest BCUT2D eigenvalue weighted by Crippen LogP contribution is 2.26. The first-order valence-corrected chi connectivity index (χ1v) is 9.52. The zero-order valence-electron chi connectivity index (χ0n) is 17.5. The number of aryl methyl sites for hydroxylation is 2. The second-order valence-electron chi connectivity index (χ2n) is 7.06. The fourth-order valence-electron chi connectivity index (χ4n) is 3.22. The van der Waals surface area contributed by atoms with E-state index in [9.17, 15) is 4.79 Å². The summed E-state index contributed by atoms with van der Waals surface area (Å²) in [7, 11) is 1.67. The van der Waals surface area contributed by atoms with E-state index in [0.717, 1.165) is 22.6 Å². The lowest BCUT2D eigenvalue weighted by Gasteiger charge is -2.24. The lowest BCUT2D eigenvalue weighted by atomic mass is 10.2. The topological polar surface area (TPSA) is 122 Å². The summed E-state index contributed by atoms with van der Waals surface area (Å²) in [5.74, 6) is 1.33. The summed E-state index contributed by atoms with van der Waals surface area (Å²) in [5.41, 5.74) is 15.1. The Balaban J connectivity index is 2.13. The summed E-state index contributed by atoms with van der Waals surface area (Å²) in [6, 6.07) is -0.393. The minimum Gasteiger partial charge on any atom is -0.384 e. The highest BCUT2D eigenvalue weighted by molar-refractivity contribution is 5.88. The Hall–Kier alpha value is -2.39. The number of pyridine rings is 1. The van der Waals surface area contributed by atoms with Crippen LogP contribution in [0.15, 0.2) is 0 Å². The number of nitrogen functional groups attached to an aromatic ring is 1. The Morgan fingerprint density at radius 2 is 1.93 bits per heavy atom. The summed E-state index contributed by atoms with van der Waals surface area (Å²) < 4.78 is 13.1. The van der Waals surface area contributed by atoms with Crippen LogP contribution in [0.2, 0.25) is 0 Å². The minimum atomic E-state index is -0.435. The fourth-order valence-corrected chi connectivity index (χ4v) is 3.22. The lowest BCUT2D eigenvalue weighted by molar-refractivity contribution is 0.0982. The number of hydrogen-bond donors (Lipinski definition) is 2. The molecule has 2 aromatic rings. The molecule has 2 aromatic heterocycles. The number of urea groups is 1. The van der Waals surface area contributed by atoms with E-state index in [1.807, 2.05) is 27.7 Å². The molecule has 28 heavy (non-hydrogen) atoms. The molecule has 156 valence electrons. The highest BCUT2D eigenvalue weighted by Gasteiger charge is 2.18. The van der Waals surface area contributed by atoms with Crippen molar-refractivity contribution in [3.05, 3.63) is 17.1 Å². The first kappa shape index (κ1) is 21.9. The monoisotopic (exact) mass is 392 g/mol. The SMILES string of the molecule is COCCc1nc2c(N)nc(C)c(C)c2n1CCOCCN(C(N)=O)C(C)C. The molecule has 2 heterocycles. The maximum absolute atomic E-state index is 11.4. The standard InChI is InChI=1S/C19H32N6O3/c1-12(2)24(19(21)26)7-10-28-11-8-25-15(6-9-27-5)23-16-17(25)13(3)14(4)22-18(16)20/h12H,6-11H2,1-5H3,(H2,20,22)(H2,21,26). The van der Waals surface area contributed by atoms with Crippen LogP contribution in [0.3, 0.4) is 0 Å². The van der Waals surface area contributed by atoms with Crippen LogP contribution in [-0.4, -0.2) is 65.0 Å². The number of nitrogens with zero attached hydrogens (tertiary/aromatic N) is 4. The predicted octanol–water partition coefficient (Wildman–Crippen LogP) is 1.62. The molecule has 0 radical (unpaired) electrons. The normalized spacial score (nSPS) is 11.5. The van der Waals surface area contributed by atoms with Crippen LogP contribution < -0.4 is 11.5 Å². The summed E-state index contributed by atoms with van der Waals surface area (Å²) in [4.78, 5) is 22.1. The van der Waals surface area contributed by atoms with Crippen molar-refractivity contribution in [3.63, 3.8) is 0 Å². The number of rotatable bonds is 10. The quantitative estimate of drug-likeness (QED) is 0.593. The largest absolute Gasteiger partial charge is 0.384 e. The van der Waals surface area contributed by atoms with Crippen LogP contribution >= 0.6 is 0 Å².